The van der Waals surface area contributed by atoms with Crippen molar-refractivity contribution in [2.45, 2.75) is 47.0 Å². The molecule has 0 aromatic heterocycles. The van der Waals surface area contributed by atoms with Crippen molar-refractivity contribution in [3.8, 4) is 0 Å². The maximum atomic E-state index is 11.3. The highest BCUT2D eigenvalue weighted by Gasteiger charge is 2.09. The predicted octanol–water partition coefficient (Wildman–Crippen LogP) is 3.48. The number of esters is 1. The van der Waals surface area contributed by atoms with E-state index in [1.165, 1.54) is 18.4 Å². The van der Waals surface area contributed by atoms with Crippen molar-refractivity contribution in [3.63, 3.8) is 0 Å². The molecule has 0 aliphatic carbocycles. The molecule has 1 atom stereocenters. The van der Waals surface area contributed by atoms with Gasteiger partial charge in [-0.3, -0.25) is 4.79 Å². The summed E-state index contributed by atoms with van der Waals surface area (Å²) in [4.78, 5) is 11.3. The van der Waals surface area contributed by atoms with Crippen LogP contribution in [0.2, 0.25) is 0 Å². The monoisotopic (exact) mass is 210 g/mol. The van der Waals surface area contributed by atoms with Crippen LogP contribution >= 0.6 is 0 Å². The largest absolute Gasteiger partial charge is 0.466 e. The van der Waals surface area contributed by atoms with Gasteiger partial charge in [-0.2, -0.15) is 0 Å². The molecule has 0 saturated carbocycles. The van der Waals surface area contributed by atoms with Crippen LogP contribution in [0.5, 0.6) is 0 Å². The lowest BCUT2D eigenvalue weighted by atomic mass is 10.1. The van der Waals surface area contributed by atoms with Gasteiger partial charge >= 0.3 is 5.97 Å². The topological polar surface area (TPSA) is 26.3 Å². The van der Waals surface area contributed by atoms with E-state index in [-0.39, 0.29) is 11.9 Å². The predicted molar refractivity (Wildman–Crippen MR) is 62.6 cm³/mol. The number of carbonyl (C=O) groups is 1. The van der Waals surface area contributed by atoms with Crippen LogP contribution in [0, 0.1) is 5.92 Å². The molecule has 2 heteroatoms. The number of hydrogen-bond donors (Lipinski definition) is 0. The van der Waals surface area contributed by atoms with E-state index in [1.807, 2.05) is 20.8 Å². The lowest BCUT2D eigenvalue weighted by Crippen LogP contribution is -2.11. The molecule has 0 aliphatic rings. The van der Waals surface area contributed by atoms with Crippen molar-refractivity contribution in [3.05, 3.63) is 17.4 Å². The third-order valence-electron chi connectivity index (χ3n) is 2.14. The maximum Gasteiger partial charge on any atom is 0.313 e. The summed E-state index contributed by atoms with van der Waals surface area (Å²) in [7, 11) is 0. The maximum absolute atomic E-state index is 11.3. The fraction of sp³-hybridized carbons (Fsp3) is 0.692. The van der Waals surface area contributed by atoms with Crippen molar-refractivity contribution in [2.75, 3.05) is 6.61 Å². The zero-order valence-electron chi connectivity index (χ0n) is 10.3. The fourth-order valence-corrected chi connectivity index (χ4v) is 1.12. The lowest BCUT2D eigenvalue weighted by molar-refractivity contribution is -0.145. The molecule has 2 nitrogen and oxygen atoms in total. The Balaban J connectivity index is 4.17. The van der Waals surface area contributed by atoms with E-state index in [2.05, 4.69) is 12.7 Å². The average molecular weight is 210 g/mol. The molecule has 0 rings (SSSR count). The van der Waals surface area contributed by atoms with Crippen molar-refractivity contribution >= 4 is 5.97 Å². The Morgan fingerprint density at radius 1 is 1.47 bits per heavy atom. The van der Waals surface area contributed by atoms with Gasteiger partial charge in [-0.15, -0.1) is 5.73 Å². The normalized spacial score (nSPS) is 11.5. The molecule has 1 unspecified atom stereocenters. The number of unbranched alkanes of at least 4 members (excludes halogenated alkanes) is 1. The molecule has 0 aliphatic heterocycles. The molecule has 0 fully saturated rings. The van der Waals surface area contributed by atoms with Gasteiger partial charge in [0.05, 0.1) is 12.5 Å². The highest BCUT2D eigenvalue weighted by Crippen LogP contribution is 2.06. The number of hydrogen-bond acceptors (Lipinski definition) is 2. The van der Waals surface area contributed by atoms with Gasteiger partial charge in [0.1, 0.15) is 0 Å². The zero-order chi connectivity index (χ0) is 11.7. The smallest absolute Gasteiger partial charge is 0.313 e. The Bertz CT molecular complexity index is 247. The molecular weight excluding hydrogens is 188 g/mol. The van der Waals surface area contributed by atoms with Gasteiger partial charge in [0.2, 0.25) is 0 Å². The van der Waals surface area contributed by atoms with E-state index in [0.717, 1.165) is 6.42 Å². The van der Waals surface area contributed by atoms with E-state index in [0.29, 0.717) is 6.61 Å². The van der Waals surface area contributed by atoms with Crippen LogP contribution < -0.4 is 0 Å². The van der Waals surface area contributed by atoms with Gasteiger partial charge in [-0.25, -0.2) is 0 Å². The molecule has 0 radical (unpaired) electrons. The summed E-state index contributed by atoms with van der Waals surface area (Å²) in [6.07, 6.45) is 5.22. The summed E-state index contributed by atoms with van der Waals surface area (Å²) >= 11 is 0. The molecule has 0 aromatic rings. The summed E-state index contributed by atoms with van der Waals surface area (Å²) in [5.41, 5.74) is 4.35. The van der Waals surface area contributed by atoms with Gasteiger partial charge in [0, 0.05) is 0 Å². The van der Waals surface area contributed by atoms with Gasteiger partial charge in [0.25, 0.3) is 0 Å². The van der Waals surface area contributed by atoms with Crippen molar-refractivity contribution in [1.29, 1.82) is 0 Å². The van der Waals surface area contributed by atoms with Gasteiger partial charge < -0.3 is 4.74 Å². The molecule has 0 spiro atoms. The SMILES string of the molecule is CCCCC(C)=C=CC(C)C(=O)OCC. The van der Waals surface area contributed by atoms with Crippen LogP contribution in [0.3, 0.4) is 0 Å². The van der Waals surface area contributed by atoms with Crippen LogP contribution in [0.4, 0.5) is 0 Å². The first-order chi connectivity index (χ1) is 7.11. The van der Waals surface area contributed by atoms with Gasteiger partial charge in [-0.05, 0) is 45.3 Å². The second-order valence-corrected chi connectivity index (χ2v) is 3.74. The molecule has 0 N–H and O–H groups in total. The number of ether oxygens (including phenoxy) is 1. The first kappa shape index (κ1) is 14.0. The fourth-order valence-electron chi connectivity index (χ4n) is 1.12. The quantitative estimate of drug-likeness (QED) is 0.495. The van der Waals surface area contributed by atoms with Crippen molar-refractivity contribution < 1.29 is 9.53 Å². The molecule has 0 bridgehead atoms. The van der Waals surface area contributed by atoms with E-state index in [9.17, 15) is 4.79 Å². The minimum atomic E-state index is -0.193. The van der Waals surface area contributed by atoms with E-state index in [4.69, 9.17) is 4.74 Å². The van der Waals surface area contributed by atoms with Crippen LogP contribution in [0.1, 0.15) is 47.0 Å². The minimum Gasteiger partial charge on any atom is -0.466 e. The Labute approximate surface area is 93.0 Å². The molecular formula is C13H22O2. The Kier molecular flexibility index (Phi) is 7.75. The van der Waals surface area contributed by atoms with Gasteiger partial charge in [0.15, 0.2) is 0 Å². The minimum absolute atomic E-state index is 0.173. The second-order valence-electron chi connectivity index (χ2n) is 3.74. The zero-order valence-corrected chi connectivity index (χ0v) is 10.3. The van der Waals surface area contributed by atoms with Gasteiger partial charge in [-0.1, -0.05) is 13.3 Å². The summed E-state index contributed by atoms with van der Waals surface area (Å²) in [6.45, 7) is 8.30. The third-order valence-corrected chi connectivity index (χ3v) is 2.14. The summed E-state index contributed by atoms with van der Waals surface area (Å²) < 4.78 is 4.90. The standard InChI is InChI=1S/C13H22O2/c1-5-7-8-11(3)9-10-12(4)13(14)15-6-2/h10,12H,5-8H2,1-4H3. The van der Waals surface area contributed by atoms with E-state index < -0.39 is 0 Å². The van der Waals surface area contributed by atoms with Crippen LogP contribution in [0.15, 0.2) is 17.4 Å². The molecule has 0 heterocycles. The third kappa shape index (κ3) is 6.98. The Morgan fingerprint density at radius 3 is 2.67 bits per heavy atom. The summed E-state index contributed by atoms with van der Waals surface area (Å²) in [5.74, 6) is -0.366. The first-order valence-corrected chi connectivity index (χ1v) is 5.70. The average Bonchev–Trinajstić information content (AvgIpc) is 2.23. The van der Waals surface area contributed by atoms with Crippen molar-refractivity contribution in [2.24, 2.45) is 5.92 Å². The van der Waals surface area contributed by atoms with E-state index >= 15 is 0 Å². The van der Waals surface area contributed by atoms with Crippen LogP contribution in [-0.2, 0) is 9.53 Å². The highest BCUT2D eigenvalue weighted by atomic mass is 16.5. The number of carbonyl (C=O) groups excluding carboxylic acids is 1. The Hall–Kier alpha value is -1.01. The Morgan fingerprint density at radius 2 is 2.13 bits per heavy atom. The van der Waals surface area contributed by atoms with Crippen LogP contribution in [-0.4, -0.2) is 12.6 Å². The molecule has 0 amide bonds. The van der Waals surface area contributed by atoms with Crippen LogP contribution in [0.25, 0.3) is 0 Å². The molecule has 0 saturated heterocycles. The molecule has 15 heavy (non-hydrogen) atoms. The summed E-state index contributed by atoms with van der Waals surface area (Å²) in [5, 5.41) is 0. The second kappa shape index (κ2) is 8.31. The number of rotatable bonds is 6. The lowest BCUT2D eigenvalue weighted by Gasteiger charge is -2.03. The van der Waals surface area contributed by atoms with E-state index in [1.54, 1.807) is 6.08 Å². The first-order valence-electron chi connectivity index (χ1n) is 5.70. The molecule has 86 valence electrons. The highest BCUT2D eigenvalue weighted by molar-refractivity contribution is 5.73. The summed E-state index contributed by atoms with van der Waals surface area (Å²) in [6, 6.07) is 0. The van der Waals surface area contributed by atoms with Crippen molar-refractivity contribution in [1.82, 2.24) is 0 Å². The molecule has 0 aromatic carbocycles.